The summed E-state index contributed by atoms with van der Waals surface area (Å²) >= 11 is 1.94. The minimum atomic E-state index is 0.0744. The second-order valence-electron chi connectivity index (χ2n) is 5.86. The Hall–Kier alpha value is -1.20. The summed E-state index contributed by atoms with van der Waals surface area (Å²) in [5.41, 5.74) is 1.06. The molecule has 2 fully saturated rings. The number of rotatable bonds is 4. The van der Waals surface area contributed by atoms with E-state index in [-0.39, 0.29) is 17.3 Å². The molecule has 0 bridgehead atoms. The van der Waals surface area contributed by atoms with Gasteiger partial charge in [-0.2, -0.15) is 0 Å². The second kappa shape index (κ2) is 5.89. The topological polar surface area (TPSA) is 38.8 Å². The van der Waals surface area contributed by atoms with E-state index in [9.17, 15) is 4.79 Å². The molecule has 1 atom stereocenters. The number of amides is 1. The van der Waals surface area contributed by atoms with E-state index in [0.717, 1.165) is 36.6 Å². The number of benzene rings is 1. The summed E-state index contributed by atoms with van der Waals surface area (Å²) in [6.07, 6.45) is 1.40. The number of para-hydroxylation sites is 1. The highest BCUT2D eigenvalue weighted by atomic mass is 32.2. The molecule has 0 aromatic heterocycles. The van der Waals surface area contributed by atoms with Gasteiger partial charge < -0.3 is 14.4 Å². The number of ether oxygens (including phenoxy) is 2. The van der Waals surface area contributed by atoms with Gasteiger partial charge in [0.2, 0.25) is 0 Å². The van der Waals surface area contributed by atoms with Gasteiger partial charge in [-0.05, 0) is 25.0 Å². The van der Waals surface area contributed by atoms with E-state index >= 15 is 0 Å². The van der Waals surface area contributed by atoms with Crippen molar-refractivity contribution in [3.05, 3.63) is 29.8 Å². The predicted molar refractivity (Wildman–Crippen MR) is 83.9 cm³/mol. The molecule has 2 aliphatic heterocycles. The molecule has 21 heavy (non-hydrogen) atoms. The van der Waals surface area contributed by atoms with Crippen LogP contribution >= 0.6 is 11.8 Å². The highest BCUT2D eigenvalue weighted by Crippen LogP contribution is 2.45. The quantitative estimate of drug-likeness (QED) is 0.854. The Bertz CT molecular complexity index is 528. The smallest absolute Gasteiger partial charge is 0.260 e. The van der Waals surface area contributed by atoms with Crippen LogP contribution in [0.25, 0.3) is 0 Å². The molecule has 1 aromatic rings. The van der Waals surface area contributed by atoms with E-state index in [4.69, 9.17) is 9.47 Å². The van der Waals surface area contributed by atoms with E-state index in [1.807, 2.05) is 47.9 Å². The lowest BCUT2D eigenvalue weighted by Gasteiger charge is -2.47. The summed E-state index contributed by atoms with van der Waals surface area (Å²) in [5, 5.41) is 0. The number of nitrogens with zero attached hydrogens (tertiary/aromatic N) is 1. The highest BCUT2D eigenvalue weighted by Gasteiger charge is 2.50. The molecule has 1 aromatic carbocycles. The van der Waals surface area contributed by atoms with Gasteiger partial charge in [-0.3, -0.25) is 4.79 Å². The van der Waals surface area contributed by atoms with Gasteiger partial charge in [0, 0.05) is 26.0 Å². The first kappa shape index (κ1) is 14.7. The number of methoxy groups -OCH3 is 1. The number of hydrogen-bond donors (Lipinski definition) is 0. The van der Waals surface area contributed by atoms with Crippen LogP contribution < -0.4 is 4.74 Å². The summed E-state index contributed by atoms with van der Waals surface area (Å²) in [4.78, 5) is 14.1. The maximum atomic E-state index is 12.2. The molecule has 4 nitrogen and oxygen atoms in total. The Kier molecular flexibility index (Phi) is 4.13. The zero-order valence-corrected chi connectivity index (χ0v) is 13.3. The predicted octanol–water partition coefficient (Wildman–Crippen LogP) is 2.11. The Morgan fingerprint density at radius 3 is 2.86 bits per heavy atom. The van der Waals surface area contributed by atoms with Crippen molar-refractivity contribution in [2.24, 2.45) is 0 Å². The molecular weight excluding hydrogens is 286 g/mol. The SMILES string of the molecule is CO[C@H]1CSC2(C1)CN(C(=O)COc1ccccc1C)C2. The van der Waals surface area contributed by atoms with Crippen molar-refractivity contribution in [2.75, 3.05) is 32.6 Å². The van der Waals surface area contributed by atoms with E-state index < -0.39 is 0 Å². The molecule has 2 saturated heterocycles. The summed E-state index contributed by atoms with van der Waals surface area (Å²) in [7, 11) is 1.77. The van der Waals surface area contributed by atoms with Crippen LogP contribution in [0.5, 0.6) is 5.75 Å². The van der Waals surface area contributed by atoms with Gasteiger partial charge in [0.25, 0.3) is 5.91 Å². The molecular formula is C16H21NO3S. The van der Waals surface area contributed by atoms with Gasteiger partial charge in [0.05, 0.1) is 10.9 Å². The van der Waals surface area contributed by atoms with Crippen LogP contribution in [0, 0.1) is 6.92 Å². The van der Waals surface area contributed by atoms with Crippen molar-refractivity contribution in [2.45, 2.75) is 24.2 Å². The Morgan fingerprint density at radius 2 is 2.19 bits per heavy atom. The first-order valence-electron chi connectivity index (χ1n) is 7.25. The minimum Gasteiger partial charge on any atom is -0.484 e. The molecule has 5 heteroatoms. The Labute approximate surface area is 129 Å². The first-order chi connectivity index (χ1) is 10.1. The summed E-state index contributed by atoms with van der Waals surface area (Å²) in [5.74, 6) is 1.90. The maximum absolute atomic E-state index is 12.2. The van der Waals surface area contributed by atoms with Crippen molar-refractivity contribution in [3.8, 4) is 5.75 Å². The monoisotopic (exact) mass is 307 g/mol. The maximum Gasteiger partial charge on any atom is 0.260 e. The lowest BCUT2D eigenvalue weighted by atomic mass is 9.93. The fourth-order valence-corrected chi connectivity index (χ4v) is 4.54. The van der Waals surface area contributed by atoms with Gasteiger partial charge in [0.1, 0.15) is 5.75 Å². The van der Waals surface area contributed by atoms with Crippen LogP contribution in [0.1, 0.15) is 12.0 Å². The Morgan fingerprint density at radius 1 is 1.43 bits per heavy atom. The third kappa shape index (κ3) is 3.04. The molecule has 2 aliphatic rings. The van der Waals surface area contributed by atoms with Crippen LogP contribution in [0.15, 0.2) is 24.3 Å². The zero-order chi connectivity index (χ0) is 14.9. The van der Waals surface area contributed by atoms with E-state index in [1.165, 1.54) is 0 Å². The summed E-state index contributed by atoms with van der Waals surface area (Å²) in [6, 6.07) is 7.77. The van der Waals surface area contributed by atoms with Crippen LogP contribution in [-0.2, 0) is 9.53 Å². The number of carbonyl (C=O) groups excluding carboxylic acids is 1. The zero-order valence-electron chi connectivity index (χ0n) is 12.5. The molecule has 0 radical (unpaired) electrons. The number of likely N-dealkylation sites (tertiary alicyclic amines) is 1. The van der Waals surface area contributed by atoms with Gasteiger partial charge >= 0.3 is 0 Å². The standard InChI is InChI=1S/C16H21NO3S/c1-12-5-3-4-6-14(12)20-8-15(18)17-10-16(11-17)7-13(19-2)9-21-16/h3-6,13H,7-11H2,1-2H3/t13-/m1/s1. The average Bonchev–Trinajstić information content (AvgIpc) is 2.89. The number of hydrogen-bond acceptors (Lipinski definition) is 4. The molecule has 0 N–H and O–H groups in total. The minimum absolute atomic E-state index is 0.0744. The molecule has 1 spiro atoms. The van der Waals surface area contributed by atoms with E-state index in [2.05, 4.69) is 0 Å². The van der Waals surface area contributed by atoms with Crippen LogP contribution in [0.2, 0.25) is 0 Å². The fraction of sp³-hybridized carbons (Fsp3) is 0.562. The second-order valence-corrected chi connectivity index (χ2v) is 7.35. The first-order valence-corrected chi connectivity index (χ1v) is 8.23. The van der Waals surface area contributed by atoms with Gasteiger partial charge in [-0.15, -0.1) is 11.8 Å². The molecule has 0 saturated carbocycles. The van der Waals surface area contributed by atoms with E-state index in [1.54, 1.807) is 7.11 Å². The van der Waals surface area contributed by atoms with Gasteiger partial charge in [-0.1, -0.05) is 18.2 Å². The molecule has 2 heterocycles. The third-order valence-electron chi connectivity index (χ3n) is 4.26. The number of aryl methyl sites for hydroxylation is 1. The molecule has 1 amide bonds. The van der Waals surface area contributed by atoms with Crippen molar-refractivity contribution >= 4 is 17.7 Å². The van der Waals surface area contributed by atoms with Crippen LogP contribution in [0.3, 0.4) is 0 Å². The lowest BCUT2D eigenvalue weighted by molar-refractivity contribution is -0.138. The number of carbonyl (C=O) groups is 1. The van der Waals surface area contributed by atoms with Gasteiger partial charge in [-0.25, -0.2) is 0 Å². The largest absolute Gasteiger partial charge is 0.484 e. The average molecular weight is 307 g/mol. The van der Waals surface area contributed by atoms with Crippen LogP contribution in [0.4, 0.5) is 0 Å². The van der Waals surface area contributed by atoms with E-state index in [0.29, 0.717) is 6.10 Å². The molecule has 114 valence electrons. The molecule has 0 unspecified atom stereocenters. The van der Waals surface area contributed by atoms with Gasteiger partial charge in [0.15, 0.2) is 6.61 Å². The number of thioether (sulfide) groups is 1. The molecule has 0 aliphatic carbocycles. The molecule has 3 rings (SSSR count). The van der Waals surface area contributed by atoms with Crippen molar-refractivity contribution in [3.63, 3.8) is 0 Å². The third-order valence-corrected chi connectivity index (χ3v) is 5.84. The normalized spacial score (nSPS) is 23.1. The fourth-order valence-electron chi connectivity index (χ4n) is 2.95. The van der Waals surface area contributed by atoms with Crippen molar-refractivity contribution in [1.29, 1.82) is 0 Å². The summed E-state index contributed by atoms with van der Waals surface area (Å²) < 4.78 is 11.3. The van der Waals surface area contributed by atoms with Crippen molar-refractivity contribution < 1.29 is 14.3 Å². The highest BCUT2D eigenvalue weighted by molar-refractivity contribution is 8.01. The summed E-state index contributed by atoms with van der Waals surface area (Å²) in [6.45, 7) is 3.76. The van der Waals surface area contributed by atoms with Crippen LogP contribution in [-0.4, -0.2) is 54.2 Å². The van der Waals surface area contributed by atoms with Crippen molar-refractivity contribution in [1.82, 2.24) is 4.90 Å². The lowest BCUT2D eigenvalue weighted by Crippen LogP contribution is -2.61. The Balaban J connectivity index is 1.47.